The molecule has 0 bridgehead atoms. The topological polar surface area (TPSA) is 69.7 Å². The van der Waals surface area contributed by atoms with Crippen molar-refractivity contribution in [1.82, 2.24) is 0 Å². The van der Waals surface area contributed by atoms with Gasteiger partial charge in [0.2, 0.25) is 0 Å². The second-order valence-corrected chi connectivity index (χ2v) is 10.3. The highest BCUT2D eigenvalue weighted by atomic mass is 35.5. The highest BCUT2D eigenvalue weighted by Gasteiger charge is 2.27. The Morgan fingerprint density at radius 1 is 0.892 bits per heavy atom. The van der Waals surface area contributed by atoms with Crippen LogP contribution in [0.1, 0.15) is 89.5 Å². The summed E-state index contributed by atoms with van der Waals surface area (Å²) in [5.74, 6) is -1.21. The van der Waals surface area contributed by atoms with Crippen molar-refractivity contribution >= 4 is 29.3 Å². The maximum Gasteiger partial charge on any atom is 0.339 e. The molecular weight excluding hydrogens is 488 g/mol. The van der Waals surface area contributed by atoms with Crippen LogP contribution in [0.25, 0.3) is 11.1 Å². The van der Waals surface area contributed by atoms with E-state index in [2.05, 4.69) is 6.92 Å². The van der Waals surface area contributed by atoms with Crippen molar-refractivity contribution in [3.8, 4) is 11.1 Å². The third-order valence-corrected chi connectivity index (χ3v) is 6.30. The molecule has 3 aromatic rings. The quantitative estimate of drug-likeness (QED) is 0.212. The van der Waals surface area contributed by atoms with Crippen LogP contribution in [-0.4, -0.2) is 30.4 Å². The molecule has 0 aromatic heterocycles. The molecule has 0 amide bonds. The average molecular weight is 521 g/mol. The van der Waals surface area contributed by atoms with E-state index in [0.717, 1.165) is 18.4 Å². The lowest BCUT2D eigenvalue weighted by Crippen LogP contribution is -2.24. The Hall–Kier alpha value is -3.44. The summed E-state index contributed by atoms with van der Waals surface area (Å²) >= 11 is 6.52. The van der Waals surface area contributed by atoms with Gasteiger partial charge in [0.1, 0.15) is 5.60 Å². The maximum absolute atomic E-state index is 13.4. The molecule has 0 heterocycles. The van der Waals surface area contributed by atoms with Crippen molar-refractivity contribution in [3.05, 3.63) is 94.0 Å². The average Bonchev–Trinajstić information content (AvgIpc) is 2.87. The highest BCUT2D eigenvalue weighted by Crippen LogP contribution is 2.36. The summed E-state index contributed by atoms with van der Waals surface area (Å²) in [5, 5.41) is 0.277. The standard InChI is InChI=1S/C31H33ClO5/c1-6-11-21(20-12-8-7-9-13-20)19-27(33)22-16-17-23(25(18-22)30(35)37-31(2,3)4)28-24(29(34)36-5)14-10-15-26(28)32/h7-10,12-18,21H,6,11,19H2,1-5H3/t21-/m0/s1. The minimum Gasteiger partial charge on any atom is -0.465 e. The van der Waals surface area contributed by atoms with Crippen molar-refractivity contribution in [2.75, 3.05) is 7.11 Å². The predicted octanol–water partition coefficient (Wildman–Crippen LogP) is 7.91. The molecule has 0 spiro atoms. The van der Waals surface area contributed by atoms with E-state index in [-0.39, 0.29) is 27.9 Å². The molecule has 37 heavy (non-hydrogen) atoms. The molecule has 0 fully saturated rings. The first-order valence-corrected chi connectivity index (χ1v) is 12.8. The lowest BCUT2D eigenvalue weighted by Gasteiger charge is -2.22. The van der Waals surface area contributed by atoms with Crippen LogP contribution in [0.4, 0.5) is 0 Å². The lowest BCUT2D eigenvalue weighted by atomic mass is 9.87. The van der Waals surface area contributed by atoms with Gasteiger partial charge in [-0.2, -0.15) is 0 Å². The summed E-state index contributed by atoms with van der Waals surface area (Å²) in [5.41, 5.74) is 1.86. The molecule has 0 saturated carbocycles. The van der Waals surface area contributed by atoms with Crippen molar-refractivity contribution in [1.29, 1.82) is 0 Å². The number of carbonyl (C=O) groups is 3. The number of Topliss-reactive ketones (excluding diaryl/α,β-unsaturated/α-hetero) is 1. The fraction of sp³-hybridized carbons (Fsp3) is 0.323. The molecule has 0 saturated heterocycles. The van der Waals surface area contributed by atoms with E-state index in [1.807, 2.05) is 30.3 Å². The number of esters is 2. The summed E-state index contributed by atoms with van der Waals surface area (Å²) < 4.78 is 10.6. The monoisotopic (exact) mass is 520 g/mol. The number of ketones is 1. The minimum atomic E-state index is -0.764. The van der Waals surface area contributed by atoms with Crippen LogP contribution in [0, 0.1) is 0 Å². The zero-order valence-corrected chi connectivity index (χ0v) is 22.7. The van der Waals surface area contributed by atoms with Gasteiger partial charge in [-0.15, -0.1) is 0 Å². The van der Waals surface area contributed by atoms with E-state index < -0.39 is 17.5 Å². The van der Waals surface area contributed by atoms with Crippen molar-refractivity contribution in [3.63, 3.8) is 0 Å². The molecule has 0 radical (unpaired) electrons. The van der Waals surface area contributed by atoms with Crippen LogP contribution in [-0.2, 0) is 9.47 Å². The molecule has 0 aliphatic carbocycles. The van der Waals surface area contributed by atoms with Gasteiger partial charge < -0.3 is 9.47 Å². The van der Waals surface area contributed by atoms with E-state index in [4.69, 9.17) is 21.1 Å². The third-order valence-electron chi connectivity index (χ3n) is 5.99. The minimum absolute atomic E-state index is 0.0675. The molecule has 0 unspecified atom stereocenters. The molecule has 1 atom stereocenters. The summed E-state index contributed by atoms with van der Waals surface area (Å²) in [6, 6.07) is 19.7. The lowest BCUT2D eigenvalue weighted by molar-refractivity contribution is 0.00701. The van der Waals surface area contributed by atoms with Crippen LogP contribution < -0.4 is 0 Å². The largest absolute Gasteiger partial charge is 0.465 e. The predicted molar refractivity (Wildman–Crippen MR) is 146 cm³/mol. The molecular formula is C31H33ClO5. The van der Waals surface area contributed by atoms with Crippen molar-refractivity contribution in [2.24, 2.45) is 0 Å². The molecule has 194 valence electrons. The summed E-state index contributed by atoms with van der Waals surface area (Å²) in [6.45, 7) is 7.40. The second-order valence-electron chi connectivity index (χ2n) is 9.94. The first kappa shape index (κ1) is 28.1. The van der Waals surface area contributed by atoms with Gasteiger partial charge in [0.05, 0.1) is 18.2 Å². The van der Waals surface area contributed by atoms with Crippen molar-refractivity contribution in [2.45, 2.75) is 58.5 Å². The molecule has 3 rings (SSSR count). The van der Waals surface area contributed by atoms with Crippen LogP contribution in [0.5, 0.6) is 0 Å². The van der Waals surface area contributed by atoms with Crippen molar-refractivity contribution < 1.29 is 23.9 Å². The van der Waals surface area contributed by atoms with Crippen LogP contribution in [0.3, 0.4) is 0 Å². The first-order chi connectivity index (χ1) is 17.6. The second kappa shape index (κ2) is 12.2. The van der Waals surface area contributed by atoms with Gasteiger partial charge in [-0.1, -0.05) is 73.5 Å². The number of hydrogen-bond acceptors (Lipinski definition) is 5. The Labute approximate surface area is 223 Å². The molecule has 5 nitrogen and oxygen atoms in total. The Kier molecular flexibility index (Phi) is 9.28. The third kappa shape index (κ3) is 7.07. The van der Waals surface area contributed by atoms with Gasteiger partial charge >= 0.3 is 11.9 Å². The number of benzene rings is 3. The van der Waals surface area contributed by atoms with Crippen LogP contribution in [0.2, 0.25) is 5.02 Å². The van der Waals surface area contributed by atoms with Gasteiger partial charge in [0, 0.05) is 22.6 Å². The van der Waals surface area contributed by atoms with Gasteiger partial charge in [-0.05, 0) is 62.4 Å². The normalized spacial score (nSPS) is 12.1. The number of methoxy groups -OCH3 is 1. The SMILES string of the molecule is CCC[C@@H](CC(=O)c1ccc(-c2c(Cl)cccc2C(=O)OC)c(C(=O)OC(C)(C)C)c1)c1ccccc1. The van der Waals surface area contributed by atoms with Gasteiger partial charge in [0.15, 0.2) is 5.78 Å². The fourth-order valence-corrected chi connectivity index (χ4v) is 4.59. The van der Waals surface area contributed by atoms with E-state index in [1.54, 1.807) is 57.2 Å². The summed E-state index contributed by atoms with van der Waals surface area (Å²) in [7, 11) is 1.28. The van der Waals surface area contributed by atoms with E-state index >= 15 is 0 Å². The fourth-order valence-electron chi connectivity index (χ4n) is 4.32. The molecule has 6 heteroatoms. The van der Waals surface area contributed by atoms with Gasteiger partial charge in [-0.25, -0.2) is 9.59 Å². The Morgan fingerprint density at radius 3 is 2.22 bits per heavy atom. The molecule has 0 N–H and O–H groups in total. The smallest absolute Gasteiger partial charge is 0.339 e. The summed E-state index contributed by atoms with van der Waals surface area (Å²) in [4.78, 5) is 39.3. The maximum atomic E-state index is 13.4. The number of halogens is 1. The van der Waals surface area contributed by atoms with E-state index in [9.17, 15) is 14.4 Å². The Bertz CT molecular complexity index is 1270. The van der Waals surface area contributed by atoms with Gasteiger partial charge in [0.25, 0.3) is 0 Å². The van der Waals surface area contributed by atoms with Crippen LogP contribution in [0.15, 0.2) is 66.7 Å². The molecule has 3 aromatic carbocycles. The zero-order chi connectivity index (χ0) is 27.2. The van der Waals surface area contributed by atoms with Crippen LogP contribution >= 0.6 is 11.6 Å². The first-order valence-electron chi connectivity index (χ1n) is 12.4. The number of carbonyl (C=O) groups excluding carboxylic acids is 3. The van der Waals surface area contributed by atoms with Gasteiger partial charge in [-0.3, -0.25) is 4.79 Å². The number of hydrogen-bond donors (Lipinski definition) is 0. The number of ether oxygens (including phenoxy) is 2. The summed E-state index contributed by atoms with van der Waals surface area (Å²) in [6.07, 6.45) is 2.12. The Balaban J connectivity index is 2.10. The van der Waals surface area contributed by atoms with E-state index in [1.165, 1.54) is 7.11 Å². The molecule has 0 aliphatic heterocycles. The molecule has 0 aliphatic rings. The van der Waals surface area contributed by atoms with E-state index in [0.29, 0.717) is 23.1 Å². The zero-order valence-electron chi connectivity index (χ0n) is 22.0. The Morgan fingerprint density at radius 2 is 1.59 bits per heavy atom. The highest BCUT2D eigenvalue weighted by molar-refractivity contribution is 6.34. The number of rotatable bonds is 9.